The Morgan fingerprint density at radius 3 is 2.36 bits per heavy atom. The average molecular weight is 603 g/mol. The van der Waals surface area contributed by atoms with Crippen molar-refractivity contribution in [2.75, 3.05) is 0 Å². The second-order valence-electron chi connectivity index (χ2n) is 13.2. The molecule has 0 atom stereocenters. The SMILES string of the molecule is CC1(C)c2cc(-c3cccc4ccn(-c5ccccc5)c34)ccc2-c2cc3c(oc4ccccc43)c(-c3ccc4cccnc4c3)c21. The molecule has 0 spiro atoms. The summed E-state index contributed by atoms with van der Waals surface area (Å²) in [5, 5.41) is 4.65. The first-order valence-corrected chi connectivity index (χ1v) is 16.2. The van der Waals surface area contributed by atoms with Crippen LogP contribution in [0.3, 0.4) is 0 Å². The standard InChI is InChI=1S/C44H30N2O/c1-44(2)37-24-29(32-15-8-10-28-21-23-46(42(28)32)31-12-4-3-5-13-31)19-20-33(37)35-26-36-34-14-6-7-16-39(34)47-43(36)40(41(35)44)30-18-17-27-11-9-22-45-38(27)25-30/h3-26H,1-2H3. The zero-order chi connectivity index (χ0) is 31.3. The molecule has 3 heteroatoms. The lowest BCUT2D eigenvalue weighted by atomic mass is 9.77. The number of fused-ring (bicyclic) bond motifs is 8. The van der Waals surface area contributed by atoms with E-state index in [1.54, 1.807) is 0 Å². The van der Waals surface area contributed by atoms with Crippen molar-refractivity contribution in [3.63, 3.8) is 0 Å². The fraction of sp³-hybridized carbons (Fsp3) is 0.0682. The Bertz CT molecular complexity index is 2710. The molecule has 0 radical (unpaired) electrons. The van der Waals surface area contributed by atoms with Crippen LogP contribution in [-0.4, -0.2) is 9.55 Å². The molecule has 0 bridgehead atoms. The van der Waals surface area contributed by atoms with Gasteiger partial charge in [-0.3, -0.25) is 4.98 Å². The lowest BCUT2D eigenvalue weighted by molar-refractivity contribution is 0.650. The van der Waals surface area contributed by atoms with Gasteiger partial charge in [-0.05, 0) is 81.9 Å². The maximum Gasteiger partial charge on any atom is 0.143 e. The summed E-state index contributed by atoms with van der Waals surface area (Å²) >= 11 is 0. The van der Waals surface area contributed by atoms with Crippen LogP contribution >= 0.6 is 0 Å². The van der Waals surface area contributed by atoms with Gasteiger partial charge in [0.25, 0.3) is 0 Å². The number of nitrogens with zero attached hydrogens (tertiary/aromatic N) is 2. The molecule has 0 N–H and O–H groups in total. The van der Waals surface area contributed by atoms with E-state index in [1.165, 1.54) is 44.3 Å². The molecule has 0 amide bonds. The molecule has 0 unspecified atom stereocenters. The summed E-state index contributed by atoms with van der Waals surface area (Å²) in [6, 6.07) is 48.0. The molecule has 0 saturated heterocycles. The number of hydrogen-bond acceptors (Lipinski definition) is 2. The number of benzene rings is 6. The van der Waals surface area contributed by atoms with Crippen molar-refractivity contribution in [3.8, 4) is 39.1 Å². The Balaban J connectivity index is 1.24. The molecule has 0 aliphatic heterocycles. The Labute approximate surface area is 272 Å². The summed E-state index contributed by atoms with van der Waals surface area (Å²) < 4.78 is 9.04. The molecule has 3 heterocycles. The van der Waals surface area contributed by atoms with Crippen molar-refractivity contribution in [1.29, 1.82) is 0 Å². The Hall–Kier alpha value is -5.93. The molecule has 3 aromatic heterocycles. The molecular formula is C44H30N2O. The van der Waals surface area contributed by atoms with Crippen molar-refractivity contribution in [1.82, 2.24) is 9.55 Å². The summed E-state index contributed by atoms with van der Waals surface area (Å²) in [5.74, 6) is 0. The van der Waals surface area contributed by atoms with Crippen LogP contribution in [0.2, 0.25) is 0 Å². The van der Waals surface area contributed by atoms with Crippen molar-refractivity contribution in [2.24, 2.45) is 0 Å². The predicted octanol–water partition coefficient (Wildman–Crippen LogP) is 11.7. The van der Waals surface area contributed by atoms with Crippen LogP contribution in [0, 0.1) is 0 Å². The molecule has 222 valence electrons. The average Bonchev–Trinajstić information content (AvgIpc) is 3.78. The number of rotatable bonds is 3. The van der Waals surface area contributed by atoms with Crippen molar-refractivity contribution in [3.05, 3.63) is 157 Å². The molecule has 3 nitrogen and oxygen atoms in total. The zero-order valence-corrected chi connectivity index (χ0v) is 26.2. The van der Waals surface area contributed by atoms with Gasteiger partial charge in [0, 0.05) is 56.2 Å². The van der Waals surface area contributed by atoms with E-state index in [2.05, 4.69) is 146 Å². The van der Waals surface area contributed by atoms with Gasteiger partial charge in [0.05, 0.1) is 11.0 Å². The number of pyridine rings is 1. The van der Waals surface area contributed by atoms with Crippen molar-refractivity contribution in [2.45, 2.75) is 19.3 Å². The number of furan rings is 1. The van der Waals surface area contributed by atoms with Gasteiger partial charge in [-0.25, -0.2) is 0 Å². The normalized spacial score (nSPS) is 13.5. The van der Waals surface area contributed by atoms with E-state index in [9.17, 15) is 0 Å². The fourth-order valence-electron chi connectivity index (χ4n) is 8.05. The highest BCUT2D eigenvalue weighted by molar-refractivity contribution is 6.14. The van der Waals surface area contributed by atoms with Gasteiger partial charge in [0.2, 0.25) is 0 Å². The smallest absolute Gasteiger partial charge is 0.143 e. The molecule has 0 saturated carbocycles. The predicted molar refractivity (Wildman–Crippen MR) is 194 cm³/mol. The number of aromatic nitrogens is 2. The number of hydrogen-bond donors (Lipinski definition) is 0. The van der Waals surface area contributed by atoms with E-state index >= 15 is 0 Å². The molecule has 9 aromatic rings. The van der Waals surface area contributed by atoms with Crippen LogP contribution in [0.4, 0.5) is 0 Å². The van der Waals surface area contributed by atoms with E-state index in [0.717, 1.165) is 49.7 Å². The second kappa shape index (κ2) is 9.54. The largest absolute Gasteiger partial charge is 0.455 e. The highest BCUT2D eigenvalue weighted by Crippen LogP contribution is 2.56. The highest BCUT2D eigenvalue weighted by atomic mass is 16.3. The van der Waals surface area contributed by atoms with E-state index in [4.69, 9.17) is 9.40 Å². The summed E-state index contributed by atoms with van der Waals surface area (Å²) in [5.41, 5.74) is 14.9. The Morgan fingerprint density at radius 1 is 0.617 bits per heavy atom. The first-order chi connectivity index (χ1) is 23.1. The monoisotopic (exact) mass is 602 g/mol. The minimum atomic E-state index is -0.280. The summed E-state index contributed by atoms with van der Waals surface area (Å²) in [7, 11) is 0. The van der Waals surface area contributed by atoms with Crippen LogP contribution in [-0.2, 0) is 5.41 Å². The van der Waals surface area contributed by atoms with Gasteiger partial charge in [-0.1, -0.05) is 98.8 Å². The zero-order valence-electron chi connectivity index (χ0n) is 26.2. The molecule has 0 fully saturated rings. The van der Waals surface area contributed by atoms with Gasteiger partial charge in [-0.2, -0.15) is 0 Å². The second-order valence-corrected chi connectivity index (χ2v) is 13.2. The minimum absolute atomic E-state index is 0.280. The van der Waals surface area contributed by atoms with Crippen LogP contribution in [0.5, 0.6) is 0 Å². The first kappa shape index (κ1) is 26.3. The van der Waals surface area contributed by atoms with Crippen LogP contribution in [0.1, 0.15) is 25.0 Å². The quantitative estimate of drug-likeness (QED) is 0.201. The summed E-state index contributed by atoms with van der Waals surface area (Å²) in [6.45, 7) is 4.73. The van der Waals surface area contributed by atoms with Crippen molar-refractivity contribution >= 4 is 43.7 Å². The molecule has 47 heavy (non-hydrogen) atoms. The number of para-hydroxylation sites is 3. The van der Waals surface area contributed by atoms with Crippen LogP contribution < -0.4 is 0 Å². The van der Waals surface area contributed by atoms with E-state index in [0.29, 0.717) is 0 Å². The van der Waals surface area contributed by atoms with Gasteiger partial charge in [0.1, 0.15) is 11.2 Å². The molecule has 6 aromatic carbocycles. The topological polar surface area (TPSA) is 31.0 Å². The van der Waals surface area contributed by atoms with Crippen molar-refractivity contribution < 1.29 is 4.42 Å². The maximum absolute atomic E-state index is 6.73. The van der Waals surface area contributed by atoms with Gasteiger partial charge in [0.15, 0.2) is 0 Å². The van der Waals surface area contributed by atoms with Gasteiger partial charge in [-0.15, -0.1) is 0 Å². The van der Waals surface area contributed by atoms with E-state index in [1.807, 2.05) is 18.3 Å². The van der Waals surface area contributed by atoms with Crippen LogP contribution in [0.15, 0.2) is 150 Å². The third-order valence-electron chi connectivity index (χ3n) is 10.2. The Morgan fingerprint density at radius 2 is 1.45 bits per heavy atom. The highest BCUT2D eigenvalue weighted by Gasteiger charge is 2.40. The van der Waals surface area contributed by atoms with Gasteiger partial charge < -0.3 is 8.98 Å². The maximum atomic E-state index is 6.73. The minimum Gasteiger partial charge on any atom is -0.455 e. The van der Waals surface area contributed by atoms with E-state index in [-0.39, 0.29) is 5.41 Å². The summed E-state index contributed by atoms with van der Waals surface area (Å²) in [4.78, 5) is 4.72. The molecule has 10 rings (SSSR count). The van der Waals surface area contributed by atoms with E-state index < -0.39 is 0 Å². The molecular weight excluding hydrogens is 572 g/mol. The lowest BCUT2D eigenvalue weighted by Gasteiger charge is -2.25. The fourth-order valence-corrected chi connectivity index (χ4v) is 8.05. The first-order valence-electron chi connectivity index (χ1n) is 16.2. The third kappa shape index (κ3) is 3.71. The summed E-state index contributed by atoms with van der Waals surface area (Å²) in [6.07, 6.45) is 4.05. The van der Waals surface area contributed by atoms with Crippen LogP contribution in [0.25, 0.3) is 82.8 Å². The van der Waals surface area contributed by atoms with Gasteiger partial charge >= 0.3 is 0 Å². The lowest BCUT2D eigenvalue weighted by Crippen LogP contribution is -2.16. The molecule has 1 aliphatic carbocycles. The Kier molecular flexibility index (Phi) is 5.34. The third-order valence-corrected chi connectivity index (χ3v) is 10.2. The molecule has 1 aliphatic rings.